The minimum atomic E-state index is 0.0534. The van der Waals surface area contributed by atoms with Crippen LogP contribution in [0.4, 0.5) is 5.13 Å². The number of thiazole rings is 1. The summed E-state index contributed by atoms with van der Waals surface area (Å²) in [5, 5.41) is 3.01. The molecule has 1 amide bonds. The highest BCUT2D eigenvalue weighted by Gasteiger charge is 2.20. The summed E-state index contributed by atoms with van der Waals surface area (Å²) in [6.07, 6.45) is 8.70. The lowest BCUT2D eigenvalue weighted by Gasteiger charge is -2.34. The molecule has 1 saturated heterocycles. The first kappa shape index (κ1) is 13.8. The average Bonchev–Trinajstić information content (AvgIpc) is 3.08. The van der Waals surface area contributed by atoms with Crippen LogP contribution in [0.15, 0.2) is 42.2 Å². The molecule has 5 nitrogen and oxygen atoms in total. The third-order valence-electron chi connectivity index (χ3n) is 3.38. The van der Waals surface area contributed by atoms with Gasteiger partial charge in [0.15, 0.2) is 5.13 Å². The van der Waals surface area contributed by atoms with Crippen LogP contribution in [0.3, 0.4) is 0 Å². The maximum Gasteiger partial charge on any atom is 0.246 e. The van der Waals surface area contributed by atoms with Crippen molar-refractivity contribution in [3.63, 3.8) is 0 Å². The first-order valence-electron chi connectivity index (χ1n) is 6.84. The van der Waals surface area contributed by atoms with E-state index in [2.05, 4.69) is 14.9 Å². The molecule has 108 valence electrons. The van der Waals surface area contributed by atoms with Crippen molar-refractivity contribution in [2.45, 2.75) is 0 Å². The van der Waals surface area contributed by atoms with E-state index >= 15 is 0 Å². The number of carbonyl (C=O) groups excluding carboxylic acids is 1. The topological polar surface area (TPSA) is 49.3 Å². The normalized spacial score (nSPS) is 15.6. The molecule has 3 rings (SSSR count). The number of pyridine rings is 1. The van der Waals surface area contributed by atoms with Crippen LogP contribution in [0.2, 0.25) is 0 Å². The number of amides is 1. The lowest BCUT2D eigenvalue weighted by Crippen LogP contribution is -2.48. The molecule has 21 heavy (non-hydrogen) atoms. The summed E-state index contributed by atoms with van der Waals surface area (Å²) < 4.78 is 0. The Kier molecular flexibility index (Phi) is 4.25. The standard InChI is InChI=1S/C15H16N4OS/c20-14(4-3-13-2-1-5-16-12-13)18-7-9-19(10-8-18)15-17-6-11-21-15/h1-6,11-12H,7-10H2. The number of nitrogens with zero attached hydrogens (tertiary/aromatic N) is 4. The second-order valence-electron chi connectivity index (χ2n) is 4.75. The molecule has 0 radical (unpaired) electrons. The summed E-state index contributed by atoms with van der Waals surface area (Å²) >= 11 is 1.64. The molecular formula is C15H16N4OS. The maximum absolute atomic E-state index is 12.2. The van der Waals surface area contributed by atoms with E-state index in [1.165, 1.54) is 0 Å². The number of carbonyl (C=O) groups is 1. The van der Waals surface area contributed by atoms with Crippen LogP contribution < -0.4 is 4.90 Å². The second-order valence-corrected chi connectivity index (χ2v) is 5.62. The maximum atomic E-state index is 12.2. The molecule has 0 N–H and O–H groups in total. The highest BCUT2D eigenvalue weighted by molar-refractivity contribution is 7.13. The minimum Gasteiger partial charge on any atom is -0.345 e. The van der Waals surface area contributed by atoms with Gasteiger partial charge < -0.3 is 9.80 Å². The fourth-order valence-corrected chi connectivity index (χ4v) is 2.93. The van der Waals surface area contributed by atoms with Crippen molar-refractivity contribution in [3.05, 3.63) is 47.7 Å². The van der Waals surface area contributed by atoms with Crippen LogP contribution in [0.25, 0.3) is 6.08 Å². The zero-order valence-corrected chi connectivity index (χ0v) is 12.4. The van der Waals surface area contributed by atoms with Gasteiger partial charge in [0.25, 0.3) is 0 Å². The zero-order chi connectivity index (χ0) is 14.5. The SMILES string of the molecule is O=C(C=Cc1cccnc1)N1CCN(c2nccs2)CC1. The van der Waals surface area contributed by atoms with Gasteiger partial charge in [0.1, 0.15) is 0 Å². The average molecular weight is 300 g/mol. The molecule has 3 heterocycles. The van der Waals surface area contributed by atoms with Gasteiger partial charge in [-0.25, -0.2) is 4.98 Å². The second kappa shape index (κ2) is 6.49. The third-order valence-corrected chi connectivity index (χ3v) is 4.22. The van der Waals surface area contributed by atoms with Crippen molar-refractivity contribution in [3.8, 4) is 0 Å². The van der Waals surface area contributed by atoms with Gasteiger partial charge in [-0.1, -0.05) is 6.07 Å². The Morgan fingerprint density at radius 2 is 2.10 bits per heavy atom. The summed E-state index contributed by atoms with van der Waals surface area (Å²) in [6.45, 7) is 3.13. The number of aromatic nitrogens is 2. The van der Waals surface area contributed by atoms with Crippen molar-refractivity contribution in [2.24, 2.45) is 0 Å². The predicted octanol–water partition coefficient (Wildman–Crippen LogP) is 1.90. The Hall–Kier alpha value is -2.21. The lowest BCUT2D eigenvalue weighted by atomic mass is 10.2. The molecule has 0 saturated carbocycles. The number of piperazine rings is 1. The number of hydrogen-bond acceptors (Lipinski definition) is 5. The van der Waals surface area contributed by atoms with E-state index in [1.54, 1.807) is 29.8 Å². The van der Waals surface area contributed by atoms with Crippen LogP contribution in [-0.4, -0.2) is 47.0 Å². The Labute approximate surface area is 127 Å². The number of hydrogen-bond donors (Lipinski definition) is 0. The van der Waals surface area contributed by atoms with E-state index in [-0.39, 0.29) is 5.91 Å². The molecular weight excluding hydrogens is 284 g/mol. The number of anilines is 1. The Balaban J connectivity index is 1.54. The molecule has 0 atom stereocenters. The van der Waals surface area contributed by atoms with Crippen molar-refractivity contribution in [1.29, 1.82) is 0 Å². The molecule has 0 aromatic carbocycles. The van der Waals surface area contributed by atoms with E-state index < -0.39 is 0 Å². The summed E-state index contributed by atoms with van der Waals surface area (Å²) in [5.74, 6) is 0.0534. The predicted molar refractivity (Wildman–Crippen MR) is 84.2 cm³/mol. The van der Waals surface area contributed by atoms with Gasteiger partial charge in [-0.3, -0.25) is 9.78 Å². The van der Waals surface area contributed by atoms with Gasteiger partial charge >= 0.3 is 0 Å². The molecule has 1 aliphatic heterocycles. The minimum absolute atomic E-state index is 0.0534. The van der Waals surface area contributed by atoms with E-state index in [0.717, 1.165) is 36.9 Å². The van der Waals surface area contributed by atoms with E-state index in [9.17, 15) is 4.79 Å². The van der Waals surface area contributed by atoms with Crippen LogP contribution in [-0.2, 0) is 4.79 Å². The largest absolute Gasteiger partial charge is 0.345 e. The Morgan fingerprint density at radius 1 is 1.24 bits per heavy atom. The Bertz CT molecular complexity index is 604. The van der Waals surface area contributed by atoms with Gasteiger partial charge in [0.05, 0.1) is 0 Å². The van der Waals surface area contributed by atoms with Crippen LogP contribution in [0, 0.1) is 0 Å². The van der Waals surface area contributed by atoms with Crippen molar-refractivity contribution >= 4 is 28.5 Å². The zero-order valence-electron chi connectivity index (χ0n) is 11.6. The molecule has 0 aliphatic carbocycles. The summed E-state index contributed by atoms with van der Waals surface area (Å²) in [7, 11) is 0. The van der Waals surface area contributed by atoms with Crippen molar-refractivity contribution in [1.82, 2.24) is 14.9 Å². The molecule has 6 heteroatoms. The quantitative estimate of drug-likeness (QED) is 0.812. The monoisotopic (exact) mass is 300 g/mol. The molecule has 2 aromatic rings. The highest BCUT2D eigenvalue weighted by atomic mass is 32.1. The lowest BCUT2D eigenvalue weighted by molar-refractivity contribution is -0.126. The summed E-state index contributed by atoms with van der Waals surface area (Å²) in [4.78, 5) is 24.6. The van der Waals surface area contributed by atoms with E-state index in [4.69, 9.17) is 0 Å². The smallest absolute Gasteiger partial charge is 0.246 e. The highest BCUT2D eigenvalue weighted by Crippen LogP contribution is 2.18. The van der Waals surface area contributed by atoms with Gasteiger partial charge in [0.2, 0.25) is 5.91 Å². The Morgan fingerprint density at radius 3 is 2.76 bits per heavy atom. The van der Waals surface area contributed by atoms with Gasteiger partial charge in [-0.2, -0.15) is 0 Å². The third kappa shape index (κ3) is 3.46. The first-order valence-corrected chi connectivity index (χ1v) is 7.72. The summed E-state index contributed by atoms with van der Waals surface area (Å²) in [6, 6.07) is 3.79. The fraction of sp³-hybridized carbons (Fsp3) is 0.267. The molecule has 0 bridgehead atoms. The molecule has 2 aromatic heterocycles. The molecule has 0 spiro atoms. The van der Waals surface area contributed by atoms with Crippen LogP contribution >= 0.6 is 11.3 Å². The van der Waals surface area contributed by atoms with E-state index in [1.807, 2.05) is 34.7 Å². The molecule has 1 aliphatic rings. The molecule has 1 fully saturated rings. The number of rotatable bonds is 3. The van der Waals surface area contributed by atoms with Crippen LogP contribution in [0.5, 0.6) is 0 Å². The van der Waals surface area contributed by atoms with Gasteiger partial charge in [0, 0.05) is 56.2 Å². The fourth-order valence-electron chi connectivity index (χ4n) is 2.24. The van der Waals surface area contributed by atoms with Crippen molar-refractivity contribution < 1.29 is 4.79 Å². The van der Waals surface area contributed by atoms with Crippen molar-refractivity contribution in [2.75, 3.05) is 31.1 Å². The van der Waals surface area contributed by atoms with Gasteiger partial charge in [-0.15, -0.1) is 11.3 Å². The molecule has 0 unspecified atom stereocenters. The van der Waals surface area contributed by atoms with Gasteiger partial charge in [-0.05, 0) is 17.7 Å². The first-order chi connectivity index (χ1) is 10.3. The van der Waals surface area contributed by atoms with Crippen LogP contribution in [0.1, 0.15) is 5.56 Å². The van der Waals surface area contributed by atoms with E-state index in [0.29, 0.717) is 0 Å². The summed E-state index contributed by atoms with van der Waals surface area (Å²) in [5.41, 5.74) is 0.937.